The van der Waals surface area contributed by atoms with Gasteiger partial charge in [0, 0.05) is 5.56 Å². The topological polar surface area (TPSA) is 61.8 Å². The first-order valence-corrected chi connectivity index (χ1v) is 10.3. The summed E-state index contributed by atoms with van der Waals surface area (Å²) in [6.45, 7) is 5.79. The molecule has 0 aliphatic rings. The molecule has 0 saturated carbocycles. The van der Waals surface area contributed by atoms with Crippen molar-refractivity contribution >= 4 is 13.4 Å². The Labute approximate surface area is 154 Å². The molecule has 0 radical (unpaired) electrons. The number of ether oxygens (including phenoxy) is 1. The van der Waals surface area contributed by atoms with Crippen LogP contribution in [0.3, 0.4) is 0 Å². The Kier molecular flexibility index (Phi) is 7.73. The van der Waals surface area contributed by atoms with Gasteiger partial charge in [-0.2, -0.15) is 0 Å². The molecule has 26 heavy (non-hydrogen) atoms. The molecule has 2 aromatic carbocycles. The van der Waals surface area contributed by atoms with Gasteiger partial charge in [0.25, 0.3) is 0 Å². The number of ketones is 1. The molecule has 0 heterocycles. The van der Waals surface area contributed by atoms with E-state index < -0.39 is 19.2 Å². The molecule has 1 atom stereocenters. The highest BCUT2D eigenvalue weighted by Crippen LogP contribution is 2.54. The fourth-order valence-corrected chi connectivity index (χ4v) is 4.21. The highest BCUT2D eigenvalue weighted by Gasteiger charge is 2.42. The second kappa shape index (κ2) is 9.79. The lowest BCUT2D eigenvalue weighted by Crippen LogP contribution is -2.27. The number of hydrogen-bond donors (Lipinski definition) is 0. The van der Waals surface area contributed by atoms with Gasteiger partial charge in [0.1, 0.15) is 0 Å². The van der Waals surface area contributed by atoms with Gasteiger partial charge in [0.05, 0.1) is 19.8 Å². The van der Waals surface area contributed by atoms with Crippen molar-refractivity contribution in [2.24, 2.45) is 0 Å². The number of aryl methyl sites for hydroxylation is 1. The summed E-state index contributed by atoms with van der Waals surface area (Å²) in [5, 5.41) is 0. The summed E-state index contributed by atoms with van der Waals surface area (Å²) in [5.74, 6) is -1.73. The highest BCUT2D eigenvalue weighted by atomic mass is 31.2. The number of carbonyl (C=O) groups is 1. The summed E-state index contributed by atoms with van der Waals surface area (Å²) >= 11 is 0. The minimum absolute atomic E-state index is 0.132. The lowest BCUT2D eigenvalue weighted by molar-refractivity contribution is 0.0464. The summed E-state index contributed by atoms with van der Waals surface area (Å²) in [6.07, 6.45) is 0. The largest absolute Gasteiger partial charge is 0.367 e. The minimum Gasteiger partial charge on any atom is -0.353 e. The molecule has 0 fully saturated rings. The standard InChI is InChI=1S/C20H25O5P/c1-4-24-26(22,25-5-2)20(23-15-17-9-7-6-8-10-17)19(21)18-13-11-16(3)12-14-18/h6-14,20H,4-5,15H2,1-3H3. The van der Waals surface area contributed by atoms with Crippen LogP contribution in [0.4, 0.5) is 0 Å². The first-order valence-electron chi connectivity index (χ1n) is 8.65. The Morgan fingerprint density at radius 2 is 1.54 bits per heavy atom. The second-order valence-electron chi connectivity index (χ2n) is 5.75. The zero-order valence-corrected chi connectivity index (χ0v) is 16.3. The van der Waals surface area contributed by atoms with Crippen molar-refractivity contribution in [1.82, 2.24) is 0 Å². The average molecular weight is 376 g/mol. The molecular formula is C20H25O5P. The first-order chi connectivity index (χ1) is 12.5. The third-order valence-corrected chi connectivity index (χ3v) is 5.91. The zero-order chi connectivity index (χ0) is 19.0. The Hall–Kier alpha value is -1.78. The van der Waals surface area contributed by atoms with Gasteiger partial charge in [0.15, 0.2) is 0 Å². The van der Waals surface area contributed by atoms with Crippen molar-refractivity contribution in [3.8, 4) is 0 Å². The van der Waals surface area contributed by atoms with Crippen LogP contribution in [0.1, 0.15) is 35.3 Å². The lowest BCUT2D eigenvalue weighted by Gasteiger charge is -2.25. The summed E-state index contributed by atoms with van der Waals surface area (Å²) in [6, 6.07) is 16.4. The van der Waals surface area contributed by atoms with E-state index in [1.165, 1.54) is 0 Å². The average Bonchev–Trinajstić information content (AvgIpc) is 2.63. The normalized spacial score (nSPS) is 12.7. The molecule has 2 rings (SSSR count). The van der Waals surface area contributed by atoms with Gasteiger partial charge >= 0.3 is 7.60 Å². The van der Waals surface area contributed by atoms with Crippen LogP contribution in [0, 0.1) is 6.92 Å². The fraction of sp³-hybridized carbons (Fsp3) is 0.350. The van der Waals surface area contributed by atoms with Gasteiger partial charge in [-0.3, -0.25) is 9.36 Å². The van der Waals surface area contributed by atoms with E-state index in [4.69, 9.17) is 13.8 Å². The number of hydrogen-bond acceptors (Lipinski definition) is 5. The first kappa shape index (κ1) is 20.5. The lowest BCUT2D eigenvalue weighted by atomic mass is 10.1. The summed E-state index contributed by atoms with van der Waals surface area (Å²) < 4.78 is 29.8. The van der Waals surface area contributed by atoms with E-state index >= 15 is 0 Å². The summed E-state index contributed by atoms with van der Waals surface area (Å²) in [4.78, 5) is 13.0. The molecular weight excluding hydrogens is 351 g/mol. The molecule has 1 unspecified atom stereocenters. The molecule has 2 aromatic rings. The van der Waals surface area contributed by atoms with E-state index in [9.17, 15) is 9.36 Å². The number of rotatable bonds is 10. The van der Waals surface area contributed by atoms with E-state index in [1.54, 1.807) is 26.0 Å². The van der Waals surface area contributed by atoms with Crippen LogP contribution in [0.25, 0.3) is 0 Å². The van der Waals surface area contributed by atoms with Gasteiger partial charge in [-0.25, -0.2) is 0 Å². The third-order valence-electron chi connectivity index (χ3n) is 3.72. The van der Waals surface area contributed by atoms with E-state index in [2.05, 4.69) is 0 Å². The van der Waals surface area contributed by atoms with Gasteiger partial charge in [-0.05, 0) is 26.3 Å². The zero-order valence-electron chi connectivity index (χ0n) is 15.4. The van der Waals surface area contributed by atoms with Crippen LogP contribution in [0.2, 0.25) is 0 Å². The van der Waals surface area contributed by atoms with E-state index in [0.717, 1.165) is 11.1 Å². The minimum atomic E-state index is -3.77. The molecule has 0 spiro atoms. The Balaban J connectivity index is 2.31. The third kappa shape index (κ3) is 5.36. The van der Waals surface area contributed by atoms with Gasteiger partial charge < -0.3 is 13.8 Å². The van der Waals surface area contributed by atoms with Crippen LogP contribution < -0.4 is 0 Å². The van der Waals surface area contributed by atoms with Crippen LogP contribution in [0.15, 0.2) is 54.6 Å². The molecule has 0 N–H and O–H groups in total. The van der Waals surface area contributed by atoms with Crippen LogP contribution in [-0.2, 0) is 25.0 Å². The van der Waals surface area contributed by atoms with Crippen molar-refractivity contribution in [3.05, 3.63) is 71.3 Å². The molecule has 0 aliphatic carbocycles. The van der Waals surface area contributed by atoms with Crippen molar-refractivity contribution in [3.63, 3.8) is 0 Å². The molecule has 6 heteroatoms. The summed E-state index contributed by atoms with van der Waals surface area (Å²) in [5.41, 5.74) is 2.31. The maximum Gasteiger partial charge on any atom is 0.367 e. The van der Waals surface area contributed by atoms with Crippen molar-refractivity contribution in [2.45, 2.75) is 33.2 Å². The molecule has 0 saturated heterocycles. The van der Waals surface area contributed by atoms with E-state index in [1.807, 2.05) is 49.4 Å². The molecule has 0 amide bonds. The number of carbonyl (C=O) groups excluding carboxylic acids is 1. The predicted octanol–water partition coefficient (Wildman–Crippen LogP) is 4.99. The predicted molar refractivity (Wildman–Crippen MR) is 101 cm³/mol. The van der Waals surface area contributed by atoms with Crippen LogP contribution in [0.5, 0.6) is 0 Å². The SMILES string of the molecule is CCOP(=O)(OCC)C(OCc1ccccc1)C(=O)c1ccc(C)cc1. The molecule has 0 aromatic heterocycles. The van der Waals surface area contributed by atoms with Gasteiger partial charge in [-0.15, -0.1) is 0 Å². The molecule has 140 valence electrons. The summed E-state index contributed by atoms with van der Waals surface area (Å²) in [7, 11) is -3.77. The molecule has 0 aliphatic heterocycles. The molecule has 5 nitrogen and oxygen atoms in total. The van der Waals surface area contributed by atoms with Crippen LogP contribution >= 0.6 is 7.60 Å². The monoisotopic (exact) mass is 376 g/mol. The smallest absolute Gasteiger partial charge is 0.353 e. The Morgan fingerprint density at radius 1 is 0.962 bits per heavy atom. The van der Waals surface area contributed by atoms with Crippen molar-refractivity contribution in [2.75, 3.05) is 13.2 Å². The molecule has 0 bridgehead atoms. The second-order valence-corrected chi connectivity index (χ2v) is 7.82. The number of Topliss-reactive ketones (excluding diaryl/α,β-unsaturated/α-hetero) is 1. The van der Waals surface area contributed by atoms with Gasteiger partial charge in [0.2, 0.25) is 11.6 Å². The van der Waals surface area contributed by atoms with E-state index in [0.29, 0.717) is 5.56 Å². The van der Waals surface area contributed by atoms with Gasteiger partial charge in [-0.1, -0.05) is 60.2 Å². The maximum atomic E-state index is 13.2. The Morgan fingerprint density at radius 3 is 2.08 bits per heavy atom. The maximum absolute atomic E-state index is 13.2. The van der Waals surface area contributed by atoms with Crippen LogP contribution in [-0.4, -0.2) is 24.8 Å². The Bertz CT molecular complexity index is 733. The van der Waals surface area contributed by atoms with E-state index in [-0.39, 0.29) is 19.8 Å². The highest BCUT2D eigenvalue weighted by molar-refractivity contribution is 7.55. The van der Waals surface area contributed by atoms with Crippen molar-refractivity contribution < 1.29 is 23.1 Å². The van der Waals surface area contributed by atoms with Crippen molar-refractivity contribution in [1.29, 1.82) is 0 Å². The number of benzene rings is 2. The quantitative estimate of drug-likeness (QED) is 0.432. The fourth-order valence-electron chi connectivity index (χ4n) is 2.45.